The van der Waals surface area contributed by atoms with Crippen LogP contribution in [-0.4, -0.2) is 10.1 Å². The fourth-order valence-corrected chi connectivity index (χ4v) is 3.73. The van der Waals surface area contributed by atoms with E-state index in [4.69, 9.17) is 4.42 Å². The summed E-state index contributed by atoms with van der Waals surface area (Å²) in [5.74, 6) is 0.249. The van der Waals surface area contributed by atoms with Gasteiger partial charge in [0.05, 0.1) is 0 Å². The van der Waals surface area contributed by atoms with E-state index in [1.165, 1.54) is 0 Å². The third-order valence-corrected chi connectivity index (χ3v) is 4.97. The van der Waals surface area contributed by atoms with Crippen LogP contribution in [0.5, 0.6) is 5.75 Å². The summed E-state index contributed by atoms with van der Waals surface area (Å²) in [7, 11) is 0. The Hall–Kier alpha value is -2.40. The lowest BCUT2D eigenvalue weighted by molar-refractivity contribution is 0.449. The minimum absolute atomic E-state index is 0.0476. The molecule has 1 aromatic carbocycles. The van der Waals surface area contributed by atoms with Gasteiger partial charge < -0.3 is 9.52 Å². The van der Waals surface area contributed by atoms with Crippen molar-refractivity contribution in [3.05, 3.63) is 68.1 Å². The number of aromatic hydroxyl groups is 1. The Balaban J connectivity index is 2.33. The van der Waals surface area contributed by atoms with Crippen molar-refractivity contribution in [3.8, 4) is 28.3 Å². The summed E-state index contributed by atoms with van der Waals surface area (Å²) in [6.07, 6.45) is 3.10. The van der Waals surface area contributed by atoms with Gasteiger partial charge in [-0.1, -0.05) is 35.8 Å². The molecular weight excluding hydrogens is 394 g/mol. The average Bonchev–Trinajstić information content (AvgIpc) is 2.65. The second-order valence-electron chi connectivity index (χ2n) is 6.09. The first-order valence-electron chi connectivity index (χ1n) is 8.57. The number of halogens is 1. The first-order chi connectivity index (χ1) is 12.5. The zero-order chi connectivity index (χ0) is 18.8. The Labute approximate surface area is 160 Å². The van der Waals surface area contributed by atoms with Crippen molar-refractivity contribution in [3.63, 3.8) is 0 Å². The minimum atomic E-state index is -0.555. The molecule has 0 amide bonds. The van der Waals surface area contributed by atoms with Gasteiger partial charge in [-0.25, -0.2) is 4.79 Å². The third-order valence-electron chi connectivity index (χ3n) is 4.51. The van der Waals surface area contributed by atoms with E-state index in [-0.39, 0.29) is 11.3 Å². The van der Waals surface area contributed by atoms with Gasteiger partial charge in [0.25, 0.3) is 0 Å². The van der Waals surface area contributed by atoms with Crippen molar-refractivity contribution >= 4 is 15.9 Å². The van der Waals surface area contributed by atoms with Gasteiger partial charge in [-0.2, -0.15) is 0 Å². The van der Waals surface area contributed by atoms with Crippen LogP contribution in [-0.2, 0) is 12.8 Å². The van der Waals surface area contributed by atoms with Crippen LogP contribution >= 0.6 is 15.9 Å². The first kappa shape index (κ1) is 18.4. The van der Waals surface area contributed by atoms with Crippen molar-refractivity contribution in [1.82, 2.24) is 4.98 Å². The Morgan fingerprint density at radius 2 is 1.77 bits per heavy atom. The predicted molar refractivity (Wildman–Crippen MR) is 107 cm³/mol. The lowest BCUT2D eigenvalue weighted by atomic mass is 9.91. The van der Waals surface area contributed by atoms with Gasteiger partial charge in [0.2, 0.25) is 0 Å². The number of nitrogens with zero attached hydrogens (tertiary/aromatic N) is 1. The zero-order valence-corrected chi connectivity index (χ0v) is 16.6. The molecule has 2 heterocycles. The molecule has 3 rings (SSSR count). The van der Waals surface area contributed by atoms with E-state index in [0.29, 0.717) is 17.0 Å². The molecule has 134 valence electrons. The molecule has 0 unspecified atom stereocenters. The number of aryl methyl sites for hydroxylation is 2. The van der Waals surface area contributed by atoms with Crippen molar-refractivity contribution < 1.29 is 9.52 Å². The van der Waals surface area contributed by atoms with Gasteiger partial charge in [-0.05, 0) is 60.7 Å². The normalized spacial score (nSPS) is 10.9. The quantitative estimate of drug-likeness (QED) is 0.632. The number of hydrogen-bond donors (Lipinski definition) is 1. The summed E-state index contributed by atoms with van der Waals surface area (Å²) in [5.41, 5.74) is 3.44. The highest BCUT2D eigenvalue weighted by Crippen LogP contribution is 2.39. The van der Waals surface area contributed by atoms with Crippen LogP contribution in [0.15, 0.2) is 50.2 Å². The Kier molecular flexibility index (Phi) is 5.28. The number of rotatable bonds is 4. The molecule has 4 nitrogen and oxygen atoms in total. The summed E-state index contributed by atoms with van der Waals surface area (Å²) >= 11 is 3.52. The lowest BCUT2D eigenvalue weighted by Gasteiger charge is -2.16. The smallest absolute Gasteiger partial charge is 0.348 e. The summed E-state index contributed by atoms with van der Waals surface area (Å²) in [6.45, 7) is 5.79. The Morgan fingerprint density at radius 1 is 1.12 bits per heavy atom. The highest BCUT2D eigenvalue weighted by atomic mass is 79.9. The third kappa shape index (κ3) is 3.19. The molecule has 0 saturated heterocycles. The largest absolute Gasteiger partial charge is 0.507 e. The SMILES string of the molecule is CCc1cc(Br)cc(CC)c1-c1c(O)c(C)c(-c2ccccn2)oc1=O. The molecule has 0 aliphatic heterocycles. The van der Waals surface area contributed by atoms with Crippen LogP contribution in [0, 0.1) is 6.92 Å². The van der Waals surface area contributed by atoms with Crippen LogP contribution < -0.4 is 5.63 Å². The molecule has 26 heavy (non-hydrogen) atoms. The van der Waals surface area contributed by atoms with Crippen molar-refractivity contribution in [2.24, 2.45) is 0 Å². The molecule has 0 saturated carbocycles. The maximum atomic E-state index is 12.8. The highest BCUT2D eigenvalue weighted by molar-refractivity contribution is 9.10. The van der Waals surface area contributed by atoms with Gasteiger partial charge in [0.15, 0.2) is 5.76 Å². The summed E-state index contributed by atoms with van der Waals surface area (Å²) in [5, 5.41) is 10.9. The molecule has 0 atom stereocenters. The molecule has 0 aliphatic rings. The Morgan fingerprint density at radius 3 is 2.31 bits per heavy atom. The molecule has 3 aromatic rings. The molecular formula is C21H20BrNO3. The van der Waals surface area contributed by atoms with Crippen molar-refractivity contribution in [1.29, 1.82) is 0 Å². The van der Waals surface area contributed by atoms with E-state index in [2.05, 4.69) is 20.9 Å². The monoisotopic (exact) mass is 413 g/mol. The molecule has 5 heteroatoms. The van der Waals surface area contributed by atoms with E-state index in [1.807, 2.05) is 32.0 Å². The summed E-state index contributed by atoms with van der Waals surface area (Å²) in [6, 6.07) is 9.31. The maximum absolute atomic E-state index is 12.8. The number of aromatic nitrogens is 1. The fraction of sp³-hybridized carbons (Fsp3) is 0.238. The highest BCUT2D eigenvalue weighted by Gasteiger charge is 2.23. The average molecular weight is 414 g/mol. The molecule has 2 aromatic heterocycles. The predicted octanol–water partition coefficient (Wildman–Crippen LogP) is 5.27. The minimum Gasteiger partial charge on any atom is -0.507 e. The first-order valence-corrected chi connectivity index (χ1v) is 9.36. The van der Waals surface area contributed by atoms with E-state index in [1.54, 1.807) is 25.3 Å². The lowest BCUT2D eigenvalue weighted by Crippen LogP contribution is -2.09. The van der Waals surface area contributed by atoms with Crippen molar-refractivity contribution in [2.75, 3.05) is 0 Å². The van der Waals surface area contributed by atoms with Gasteiger partial charge in [-0.15, -0.1) is 0 Å². The van der Waals surface area contributed by atoms with Crippen molar-refractivity contribution in [2.45, 2.75) is 33.6 Å². The second-order valence-corrected chi connectivity index (χ2v) is 7.00. The second kappa shape index (κ2) is 7.46. The van der Waals surface area contributed by atoms with E-state index in [0.717, 1.165) is 34.0 Å². The van der Waals surface area contributed by atoms with E-state index >= 15 is 0 Å². The summed E-state index contributed by atoms with van der Waals surface area (Å²) in [4.78, 5) is 17.1. The van der Waals surface area contributed by atoms with Crippen LogP contribution in [0.3, 0.4) is 0 Å². The molecule has 0 spiro atoms. The van der Waals surface area contributed by atoms with E-state index < -0.39 is 5.63 Å². The molecule has 0 fully saturated rings. The van der Waals surface area contributed by atoms with Crippen LogP contribution in [0.25, 0.3) is 22.6 Å². The molecule has 0 bridgehead atoms. The Bertz CT molecular complexity index is 985. The maximum Gasteiger partial charge on any atom is 0.348 e. The standard InChI is InChI=1S/C21H20BrNO3/c1-4-13-10-15(22)11-14(5-2)17(13)18-19(24)12(3)20(26-21(18)25)16-8-6-7-9-23-16/h6-11,24H,4-5H2,1-3H3. The number of pyridine rings is 1. The van der Waals surface area contributed by atoms with Crippen LogP contribution in [0.1, 0.15) is 30.5 Å². The van der Waals surface area contributed by atoms with Crippen LogP contribution in [0.2, 0.25) is 0 Å². The van der Waals surface area contributed by atoms with Gasteiger partial charge in [0, 0.05) is 16.2 Å². The molecule has 1 N–H and O–H groups in total. The molecule has 0 radical (unpaired) electrons. The molecule has 0 aliphatic carbocycles. The number of hydrogen-bond acceptors (Lipinski definition) is 4. The van der Waals surface area contributed by atoms with Gasteiger partial charge in [0.1, 0.15) is 17.0 Å². The van der Waals surface area contributed by atoms with Gasteiger partial charge in [-0.3, -0.25) is 4.98 Å². The van der Waals surface area contributed by atoms with Gasteiger partial charge >= 0.3 is 5.63 Å². The summed E-state index contributed by atoms with van der Waals surface area (Å²) < 4.78 is 6.56. The zero-order valence-electron chi connectivity index (χ0n) is 15.0. The number of benzene rings is 1. The van der Waals surface area contributed by atoms with Crippen LogP contribution in [0.4, 0.5) is 0 Å². The fourth-order valence-electron chi connectivity index (χ4n) is 3.18. The van der Waals surface area contributed by atoms with E-state index in [9.17, 15) is 9.90 Å². The topological polar surface area (TPSA) is 63.3 Å².